The van der Waals surface area contributed by atoms with Crippen molar-refractivity contribution >= 4 is 17.9 Å². The highest BCUT2D eigenvalue weighted by molar-refractivity contribution is 6.14. The Morgan fingerprint density at radius 1 is 0.781 bits per heavy atom. The van der Waals surface area contributed by atoms with Gasteiger partial charge in [-0.3, -0.25) is 4.79 Å². The molecular formula is C26H32NO5+. The molecule has 2 aromatic carbocycles. The smallest absolute Gasteiger partial charge is 0.196 e. The number of ketones is 1. The summed E-state index contributed by atoms with van der Waals surface area (Å²) in [4.78, 5) is 14.8. The molecule has 0 aromatic heterocycles. The number of methoxy groups -OCH3 is 4. The molecule has 0 saturated carbocycles. The van der Waals surface area contributed by atoms with Crippen LogP contribution >= 0.6 is 0 Å². The molecule has 0 radical (unpaired) electrons. The quantitative estimate of drug-likeness (QED) is 0.642. The van der Waals surface area contributed by atoms with Gasteiger partial charge in [-0.25, -0.2) is 0 Å². The molecule has 1 N–H and O–H groups in total. The SMILES string of the molecule is CCC[NH+]1C/C(=C/c2cccc(OC)c2OC)C(=O)/C(=C/c2cccc(OC)c2OC)C1. The monoisotopic (exact) mass is 438 g/mol. The van der Waals surface area contributed by atoms with Crippen LogP contribution in [0.4, 0.5) is 0 Å². The van der Waals surface area contributed by atoms with Crippen molar-refractivity contribution < 1.29 is 28.6 Å². The largest absolute Gasteiger partial charge is 0.493 e. The van der Waals surface area contributed by atoms with Crippen LogP contribution in [-0.2, 0) is 4.79 Å². The van der Waals surface area contributed by atoms with Gasteiger partial charge in [0.1, 0.15) is 13.1 Å². The normalized spacial score (nSPS) is 18.7. The van der Waals surface area contributed by atoms with E-state index in [0.29, 0.717) is 36.1 Å². The molecule has 1 fully saturated rings. The summed E-state index contributed by atoms with van der Waals surface area (Å²) < 4.78 is 22.0. The number of nitrogens with one attached hydrogen (secondary N) is 1. The molecule has 3 rings (SSSR count). The van der Waals surface area contributed by atoms with Crippen LogP contribution in [0.1, 0.15) is 24.5 Å². The van der Waals surface area contributed by atoms with Crippen molar-refractivity contribution in [2.24, 2.45) is 0 Å². The molecule has 1 aliphatic rings. The maximum absolute atomic E-state index is 13.5. The number of likely N-dealkylation sites (tertiary alicyclic amines) is 1. The van der Waals surface area contributed by atoms with Gasteiger partial charge in [-0.05, 0) is 30.7 Å². The Kier molecular flexibility index (Phi) is 7.95. The predicted molar refractivity (Wildman–Crippen MR) is 126 cm³/mol. The summed E-state index contributed by atoms with van der Waals surface area (Å²) in [6.07, 6.45) is 4.89. The number of carbonyl (C=O) groups excluding carboxylic acids is 1. The number of hydrogen-bond donors (Lipinski definition) is 1. The maximum atomic E-state index is 13.5. The van der Waals surface area contributed by atoms with Crippen LogP contribution in [0.5, 0.6) is 23.0 Å². The molecule has 0 aliphatic carbocycles. The Labute approximate surface area is 190 Å². The summed E-state index contributed by atoms with van der Waals surface area (Å²) >= 11 is 0. The fourth-order valence-electron chi connectivity index (χ4n) is 4.16. The van der Waals surface area contributed by atoms with E-state index >= 15 is 0 Å². The van der Waals surface area contributed by atoms with Crippen molar-refractivity contribution in [1.82, 2.24) is 0 Å². The van der Waals surface area contributed by atoms with Gasteiger partial charge in [0.25, 0.3) is 0 Å². The Balaban J connectivity index is 2.07. The van der Waals surface area contributed by atoms with Crippen LogP contribution in [-0.4, -0.2) is 53.9 Å². The predicted octanol–water partition coefficient (Wildman–Crippen LogP) is 3.07. The molecule has 32 heavy (non-hydrogen) atoms. The Morgan fingerprint density at radius 3 is 1.62 bits per heavy atom. The maximum Gasteiger partial charge on any atom is 0.196 e. The Morgan fingerprint density at radius 2 is 1.25 bits per heavy atom. The van der Waals surface area contributed by atoms with Crippen LogP contribution in [0.3, 0.4) is 0 Å². The second kappa shape index (κ2) is 10.9. The van der Waals surface area contributed by atoms with E-state index in [2.05, 4.69) is 6.92 Å². The molecule has 0 bridgehead atoms. The van der Waals surface area contributed by atoms with Gasteiger partial charge in [0, 0.05) is 11.1 Å². The highest BCUT2D eigenvalue weighted by Gasteiger charge is 2.29. The van der Waals surface area contributed by atoms with E-state index in [0.717, 1.165) is 35.2 Å². The van der Waals surface area contributed by atoms with Crippen LogP contribution < -0.4 is 23.8 Å². The molecular weight excluding hydrogens is 406 g/mol. The third-order valence-corrected chi connectivity index (χ3v) is 5.59. The Hall–Kier alpha value is -3.25. The van der Waals surface area contributed by atoms with Gasteiger partial charge >= 0.3 is 0 Å². The zero-order valence-corrected chi connectivity index (χ0v) is 19.5. The number of rotatable bonds is 8. The lowest BCUT2D eigenvalue weighted by molar-refractivity contribution is -0.891. The van der Waals surface area contributed by atoms with Gasteiger partial charge in [-0.2, -0.15) is 0 Å². The first kappa shape index (κ1) is 23.4. The second-order valence-electron chi connectivity index (χ2n) is 7.69. The van der Waals surface area contributed by atoms with Gasteiger partial charge in [-0.1, -0.05) is 31.2 Å². The lowest BCUT2D eigenvalue weighted by Crippen LogP contribution is -3.13. The topological polar surface area (TPSA) is 58.4 Å². The summed E-state index contributed by atoms with van der Waals surface area (Å²) in [5.74, 6) is 2.56. The van der Waals surface area contributed by atoms with Gasteiger partial charge in [0.15, 0.2) is 28.8 Å². The van der Waals surface area contributed by atoms with Crippen LogP contribution in [0, 0.1) is 0 Å². The zero-order valence-electron chi connectivity index (χ0n) is 19.5. The van der Waals surface area contributed by atoms with Crippen molar-refractivity contribution in [2.45, 2.75) is 13.3 Å². The molecule has 1 aliphatic heterocycles. The molecule has 2 aromatic rings. The van der Waals surface area contributed by atoms with E-state index < -0.39 is 0 Å². The first-order valence-corrected chi connectivity index (χ1v) is 10.8. The van der Waals surface area contributed by atoms with Crippen molar-refractivity contribution in [3.05, 3.63) is 58.7 Å². The number of para-hydroxylation sites is 2. The average molecular weight is 439 g/mol. The average Bonchev–Trinajstić information content (AvgIpc) is 2.81. The number of hydrogen-bond acceptors (Lipinski definition) is 5. The molecule has 170 valence electrons. The summed E-state index contributed by atoms with van der Waals surface area (Å²) in [5.41, 5.74) is 3.15. The number of quaternary nitrogens is 1. The summed E-state index contributed by atoms with van der Waals surface area (Å²) in [7, 11) is 6.43. The summed E-state index contributed by atoms with van der Waals surface area (Å²) in [5, 5.41) is 0. The number of piperidine rings is 1. The van der Waals surface area contributed by atoms with Gasteiger partial charge in [-0.15, -0.1) is 0 Å². The molecule has 6 heteroatoms. The first-order chi connectivity index (χ1) is 15.6. The van der Waals surface area contributed by atoms with Crippen molar-refractivity contribution in [3.63, 3.8) is 0 Å². The van der Waals surface area contributed by atoms with Gasteiger partial charge < -0.3 is 23.8 Å². The zero-order chi connectivity index (χ0) is 23.1. The number of Topliss-reactive ketones (excluding diaryl/α,β-unsaturated/α-hetero) is 1. The lowest BCUT2D eigenvalue weighted by Gasteiger charge is -2.27. The molecule has 1 unspecified atom stereocenters. The van der Waals surface area contributed by atoms with E-state index in [4.69, 9.17) is 18.9 Å². The molecule has 0 spiro atoms. The highest BCUT2D eigenvalue weighted by atomic mass is 16.5. The fourth-order valence-corrected chi connectivity index (χ4v) is 4.16. The van der Waals surface area contributed by atoms with Gasteiger partial charge in [0.05, 0.1) is 46.1 Å². The van der Waals surface area contributed by atoms with Crippen LogP contribution in [0.15, 0.2) is 47.5 Å². The molecule has 0 amide bonds. The van der Waals surface area contributed by atoms with Crippen LogP contribution in [0.25, 0.3) is 12.2 Å². The first-order valence-electron chi connectivity index (χ1n) is 10.8. The highest BCUT2D eigenvalue weighted by Crippen LogP contribution is 2.34. The van der Waals surface area contributed by atoms with E-state index in [1.165, 1.54) is 4.90 Å². The summed E-state index contributed by atoms with van der Waals surface area (Å²) in [6.45, 7) is 4.47. The van der Waals surface area contributed by atoms with E-state index in [1.807, 2.05) is 48.6 Å². The molecule has 6 nitrogen and oxygen atoms in total. The third kappa shape index (κ3) is 4.97. The standard InChI is InChI=1S/C26H31NO5/c1-6-13-27-16-20(14-18-9-7-11-22(29-2)25(18)31-4)24(28)21(17-27)15-19-10-8-12-23(30-3)26(19)32-5/h7-12,14-15H,6,13,16-17H2,1-5H3/p+1/b20-14-,21-15+. The minimum absolute atomic E-state index is 0.0413. The molecule has 1 saturated heterocycles. The number of ether oxygens (including phenoxy) is 4. The number of carbonyl (C=O) groups is 1. The fraction of sp³-hybridized carbons (Fsp3) is 0.346. The van der Waals surface area contributed by atoms with Crippen molar-refractivity contribution in [3.8, 4) is 23.0 Å². The number of benzene rings is 2. The van der Waals surface area contributed by atoms with E-state index in [-0.39, 0.29) is 5.78 Å². The van der Waals surface area contributed by atoms with Crippen LogP contribution in [0.2, 0.25) is 0 Å². The summed E-state index contributed by atoms with van der Waals surface area (Å²) in [6, 6.07) is 11.4. The molecule has 1 atom stereocenters. The Bertz CT molecular complexity index is 947. The van der Waals surface area contributed by atoms with Gasteiger partial charge in [0.2, 0.25) is 0 Å². The second-order valence-corrected chi connectivity index (χ2v) is 7.69. The third-order valence-electron chi connectivity index (χ3n) is 5.59. The van der Waals surface area contributed by atoms with Crippen molar-refractivity contribution in [1.29, 1.82) is 0 Å². The molecule has 1 heterocycles. The minimum Gasteiger partial charge on any atom is -0.493 e. The lowest BCUT2D eigenvalue weighted by atomic mass is 9.93. The van der Waals surface area contributed by atoms with Crippen molar-refractivity contribution in [2.75, 3.05) is 48.1 Å². The van der Waals surface area contributed by atoms with E-state index in [1.54, 1.807) is 28.4 Å². The van der Waals surface area contributed by atoms with E-state index in [9.17, 15) is 4.79 Å². The minimum atomic E-state index is 0.0413.